The molecule has 1 aromatic heterocycles. The quantitative estimate of drug-likeness (QED) is 0.944. The van der Waals surface area contributed by atoms with Gasteiger partial charge in [-0.1, -0.05) is 29.8 Å². The molecule has 3 nitrogen and oxygen atoms in total. The largest absolute Gasteiger partial charge is 0.488 e. The molecule has 0 bridgehead atoms. The minimum atomic E-state index is -0.101. The van der Waals surface area contributed by atoms with Crippen LogP contribution in [0.2, 0.25) is 4.34 Å². The van der Waals surface area contributed by atoms with Crippen LogP contribution >= 0.6 is 22.9 Å². The fraction of sp³-hybridized carbons (Fsp3) is 0.214. The lowest BCUT2D eigenvalue weighted by Crippen LogP contribution is -2.34. The van der Waals surface area contributed by atoms with Gasteiger partial charge in [-0.2, -0.15) is 0 Å². The molecule has 1 amide bonds. The van der Waals surface area contributed by atoms with Crippen molar-refractivity contribution in [1.29, 1.82) is 0 Å². The van der Waals surface area contributed by atoms with E-state index in [1.807, 2.05) is 18.2 Å². The molecule has 1 aromatic carbocycles. The standard InChI is InChI=1S/C14H12ClNO2S/c15-13-6-5-12(19-13)14(17)16-8-10-7-9-3-1-2-4-11(9)18-10/h1-6,10H,7-8H2,(H,16,17). The first kappa shape index (κ1) is 12.5. The van der Waals surface area contributed by atoms with E-state index < -0.39 is 0 Å². The summed E-state index contributed by atoms with van der Waals surface area (Å²) in [5, 5.41) is 2.88. The molecule has 1 unspecified atom stereocenters. The van der Waals surface area contributed by atoms with E-state index in [0.717, 1.165) is 12.2 Å². The van der Waals surface area contributed by atoms with E-state index >= 15 is 0 Å². The topological polar surface area (TPSA) is 38.3 Å². The number of carbonyl (C=O) groups is 1. The minimum absolute atomic E-state index is 0.0109. The summed E-state index contributed by atoms with van der Waals surface area (Å²) >= 11 is 7.08. The lowest BCUT2D eigenvalue weighted by Gasteiger charge is -2.11. The summed E-state index contributed by atoms with van der Waals surface area (Å²) in [5.74, 6) is 0.817. The van der Waals surface area contributed by atoms with E-state index in [-0.39, 0.29) is 12.0 Å². The number of carbonyl (C=O) groups excluding carboxylic acids is 1. The van der Waals surface area contributed by atoms with Gasteiger partial charge in [0.25, 0.3) is 5.91 Å². The fourth-order valence-electron chi connectivity index (χ4n) is 2.10. The van der Waals surface area contributed by atoms with E-state index in [4.69, 9.17) is 16.3 Å². The Labute approximate surface area is 120 Å². The molecule has 1 N–H and O–H groups in total. The van der Waals surface area contributed by atoms with Gasteiger partial charge in [-0.3, -0.25) is 4.79 Å². The molecule has 0 radical (unpaired) electrons. The Morgan fingerprint density at radius 2 is 2.21 bits per heavy atom. The third kappa shape index (κ3) is 2.74. The Hall–Kier alpha value is -1.52. The van der Waals surface area contributed by atoms with Crippen LogP contribution in [0.1, 0.15) is 15.2 Å². The highest BCUT2D eigenvalue weighted by atomic mass is 35.5. The van der Waals surface area contributed by atoms with Crippen LogP contribution in [-0.4, -0.2) is 18.6 Å². The number of ether oxygens (including phenoxy) is 1. The Bertz CT molecular complexity index is 586. The third-order valence-electron chi connectivity index (χ3n) is 3.00. The molecule has 98 valence electrons. The molecule has 3 rings (SSSR count). The summed E-state index contributed by atoms with van der Waals surface area (Å²) < 4.78 is 6.38. The van der Waals surface area contributed by atoms with Gasteiger partial charge >= 0.3 is 0 Å². The number of fused-ring (bicyclic) bond motifs is 1. The molecule has 0 saturated heterocycles. The van der Waals surface area contributed by atoms with E-state index in [2.05, 4.69) is 11.4 Å². The van der Waals surface area contributed by atoms with Gasteiger partial charge in [-0.15, -0.1) is 11.3 Å². The van der Waals surface area contributed by atoms with Crippen LogP contribution in [0.15, 0.2) is 36.4 Å². The molecule has 1 atom stereocenters. The number of halogens is 1. The zero-order chi connectivity index (χ0) is 13.2. The predicted octanol–water partition coefficient (Wildman–Crippen LogP) is 3.14. The number of rotatable bonds is 3. The number of para-hydroxylation sites is 1. The second-order valence-electron chi connectivity index (χ2n) is 4.37. The highest BCUT2D eigenvalue weighted by Gasteiger charge is 2.22. The van der Waals surface area contributed by atoms with E-state index in [1.165, 1.54) is 16.9 Å². The molecule has 1 aliphatic heterocycles. The van der Waals surface area contributed by atoms with Gasteiger partial charge in [0.15, 0.2) is 0 Å². The summed E-state index contributed by atoms with van der Waals surface area (Å²) in [6.45, 7) is 0.503. The van der Waals surface area contributed by atoms with Gasteiger partial charge in [0, 0.05) is 6.42 Å². The van der Waals surface area contributed by atoms with Crippen molar-refractivity contribution < 1.29 is 9.53 Å². The third-order valence-corrected chi connectivity index (χ3v) is 4.23. The van der Waals surface area contributed by atoms with E-state index in [9.17, 15) is 4.79 Å². The van der Waals surface area contributed by atoms with Crippen molar-refractivity contribution in [1.82, 2.24) is 5.32 Å². The molecule has 2 aromatic rings. The van der Waals surface area contributed by atoms with Crippen LogP contribution in [0.3, 0.4) is 0 Å². The normalized spacial score (nSPS) is 16.8. The summed E-state index contributed by atoms with van der Waals surface area (Å²) in [4.78, 5) is 12.5. The maximum atomic E-state index is 11.9. The molecule has 2 heterocycles. The lowest BCUT2D eigenvalue weighted by atomic mass is 10.1. The van der Waals surface area contributed by atoms with Crippen molar-refractivity contribution in [3.63, 3.8) is 0 Å². The van der Waals surface area contributed by atoms with Crippen molar-refractivity contribution in [3.8, 4) is 5.75 Å². The van der Waals surface area contributed by atoms with Crippen LogP contribution in [-0.2, 0) is 6.42 Å². The average molecular weight is 294 g/mol. The Balaban J connectivity index is 1.56. The van der Waals surface area contributed by atoms with E-state index in [0.29, 0.717) is 15.8 Å². The van der Waals surface area contributed by atoms with Crippen LogP contribution in [0.25, 0.3) is 0 Å². The van der Waals surface area contributed by atoms with Crippen molar-refractivity contribution >= 4 is 28.8 Å². The van der Waals surface area contributed by atoms with Crippen molar-refractivity contribution in [3.05, 3.63) is 51.2 Å². The average Bonchev–Trinajstić information content (AvgIpc) is 3.01. The van der Waals surface area contributed by atoms with Crippen molar-refractivity contribution in [2.24, 2.45) is 0 Å². The van der Waals surface area contributed by atoms with Crippen LogP contribution < -0.4 is 10.1 Å². The SMILES string of the molecule is O=C(NCC1Cc2ccccc2O1)c1ccc(Cl)s1. The molecule has 0 saturated carbocycles. The fourth-order valence-corrected chi connectivity index (χ4v) is 3.06. The molecule has 5 heteroatoms. The zero-order valence-electron chi connectivity index (χ0n) is 10.1. The number of hydrogen-bond acceptors (Lipinski definition) is 3. The number of amides is 1. The Morgan fingerprint density at radius 3 is 2.95 bits per heavy atom. The van der Waals surface area contributed by atoms with Gasteiger partial charge in [0.05, 0.1) is 15.8 Å². The highest BCUT2D eigenvalue weighted by Crippen LogP contribution is 2.28. The Kier molecular flexibility index (Phi) is 3.44. The summed E-state index contributed by atoms with van der Waals surface area (Å²) in [7, 11) is 0. The monoisotopic (exact) mass is 293 g/mol. The lowest BCUT2D eigenvalue weighted by molar-refractivity contribution is 0.0937. The van der Waals surface area contributed by atoms with Crippen molar-refractivity contribution in [2.45, 2.75) is 12.5 Å². The molecular weight excluding hydrogens is 282 g/mol. The van der Waals surface area contributed by atoms with Gasteiger partial charge < -0.3 is 10.1 Å². The maximum absolute atomic E-state index is 11.9. The van der Waals surface area contributed by atoms with Gasteiger partial charge in [-0.25, -0.2) is 0 Å². The molecule has 0 spiro atoms. The first-order valence-electron chi connectivity index (χ1n) is 6.00. The zero-order valence-corrected chi connectivity index (χ0v) is 11.6. The number of nitrogens with one attached hydrogen (secondary N) is 1. The molecular formula is C14H12ClNO2S. The minimum Gasteiger partial charge on any atom is -0.488 e. The van der Waals surface area contributed by atoms with Crippen LogP contribution in [0.5, 0.6) is 5.75 Å². The van der Waals surface area contributed by atoms with Gasteiger partial charge in [-0.05, 0) is 23.8 Å². The van der Waals surface area contributed by atoms with E-state index in [1.54, 1.807) is 12.1 Å². The molecule has 0 fully saturated rings. The van der Waals surface area contributed by atoms with Gasteiger partial charge in [0.1, 0.15) is 11.9 Å². The van der Waals surface area contributed by atoms with Gasteiger partial charge in [0.2, 0.25) is 0 Å². The first-order chi connectivity index (χ1) is 9.22. The predicted molar refractivity (Wildman–Crippen MR) is 76.2 cm³/mol. The molecule has 1 aliphatic rings. The first-order valence-corrected chi connectivity index (χ1v) is 7.20. The second-order valence-corrected chi connectivity index (χ2v) is 6.08. The highest BCUT2D eigenvalue weighted by molar-refractivity contribution is 7.17. The molecule has 19 heavy (non-hydrogen) atoms. The van der Waals surface area contributed by atoms with Crippen molar-refractivity contribution in [2.75, 3.05) is 6.54 Å². The Morgan fingerprint density at radius 1 is 1.37 bits per heavy atom. The number of benzene rings is 1. The summed E-state index contributed by atoms with van der Waals surface area (Å²) in [6.07, 6.45) is 0.846. The van der Waals surface area contributed by atoms with Crippen LogP contribution in [0, 0.1) is 0 Å². The second kappa shape index (κ2) is 5.23. The summed E-state index contributed by atoms with van der Waals surface area (Å²) in [6, 6.07) is 11.4. The number of thiophene rings is 1. The number of hydrogen-bond donors (Lipinski definition) is 1. The summed E-state index contributed by atoms with van der Waals surface area (Å²) in [5.41, 5.74) is 1.20. The smallest absolute Gasteiger partial charge is 0.261 e. The maximum Gasteiger partial charge on any atom is 0.261 e. The molecule has 0 aliphatic carbocycles. The van der Waals surface area contributed by atoms with Crippen LogP contribution in [0.4, 0.5) is 0 Å².